The van der Waals surface area contributed by atoms with Crippen LogP contribution in [0.5, 0.6) is 0 Å². The highest BCUT2D eigenvalue weighted by atomic mass is 35.5. The van der Waals surface area contributed by atoms with Gasteiger partial charge < -0.3 is 10.6 Å². The van der Waals surface area contributed by atoms with Crippen molar-refractivity contribution in [2.24, 2.45) is 5.92 Å². The Morgan fingerprint density at radius 1 is 1.67 bits per heavy atom. The second-order valence-electron chi connectivity index (χ2n) is 3.67. The van der Waals surface area contributed by atoms with E-state index < -0.39 is 0 Å². The first-order chi connectivity index (χ1) is 7.27. The predicted octanol–water partition coefficient (Wildman–Crippen LogP) is 0.445. The molecule has 1 aromatic rings. The van der Waals surface area contributed by atoms with E-state index in [9.17, 15) is 4.79 Å². The van der Waals surface area contributed by atoms with Gasteiger partial charge in [0.1, 0.15) is 5.02 Å². The van der Waals surface area contributed by atoms with Gasteiger partial charge in [-0.15, -0.1) is 0 Å². The van der Waals surface area contributed by atoms with E-state index in [4.69, 9.17) is 11.6 Å². The van der Waals surface area contributed by atoms with Crippen molar-refractivity contribution >= 4 is 17.3 Å². The predicted molar refractivity (Wildman–Crippen MR) is 59.3 cm³/mol. The fourth-order valence-corrected chi connectivity index (χ4v) is 1.81. The van der Waals surface area contributed by atoms with E-state index in [1.807, 2.05) is 0 Å². The molecule has 0 saturated carbocycles. The second kappa shape index (κ2) is 4.63. The summed E-state index contributed by atoms with van der Waals surface area (Å²) in [6, 6.07) is 0. The second-order valence-corrected chi connectivity index (χ2v) is 4.04. The molecule has 1 aliphatic rings. The van der Waals surface area contributed by atoms with Crippen LogP contribution < -0.4 is 16.2 Å². The number of anilines is 1. The van der Waals surface area contributed by atoms with Crippen LogP contribution in [0.2, 0.25) is 5.02 Å². The molecule has 1 aliphatic heterocycles. The summed E-state index contributed by atoms with van der Waals surface area (Å²) in [4.78, 5) is 11.1. The molecule has 0 aromatic carbocycles. The summed E-state index contributed by atoms with van der Waals surface area (Å²) in [6.07, 6.45) is 2.69. The lowest BCUT2D eigenvalue weighted by Crippen LogP contribution is -2.19. The molecule has 0 aliphatic carbocycles. The van der Waals surface area contributed by atoms with Crippen molar-refractivity contribution in [1.29, 1.82) is 0 Å². The molecule has 2 heterocycles. The lowest BCUT2D eigenvalue weighted by atomic mass is 10.1. The highest BCUT2D eigenvalue weighted by Crippen LogP contribution is 2.16. The molecule has 2 rings (SSSR count). The van der Waals surface area contributed by atoms with E-state index in [-0.39, 0.29) is 10.6 Å². The number of aromatic nitrogens is 2. The zero-order chi connectivity index (χ0) is 10.7. The third kappa shape index (κ3) is 2.49. The first-order valence-electron chi connectivity index (χ1n) is 4.95. The number of aromatic amines is 1. The Morgan fingerprint density at radius 2 is 2.53 bits per heavy atom. The number of hydrogen-bond acceptors (Lipinski definition) is 4. The SMILES string of the molecule is O=c1[nH]ncc(NCC2CCNC2)c1Cl. The van der Waals surface area contributed by atoms with Gasteiger partial charge in [-0.1, -0.05) is 11.6 Å². The summed E-state index contributed by atoms with van der Waals surface area (Å²) in [5.41, 5.74) is 0.249. The molecule has 3 N–H and O–H groups in total. The minimum atomic E-state index is -0.355. The average molecular weight is 229 g/mol. The largest absolute Gasteiger partial charge is 0.382 e. The van der Waals surface area contributed by atoms with Crippen LogP contribution in [0.25, 0.3) is 0 Å². The van der Waals surface area contributed by atoms with Crippen LogP contribution >= 0.6 is 11.6 Å². The summed E-state index contributed by atoms with van der Waals surface area (Å²) in [5, 5.41) is 12.6. The maximum atomic E-state index is 11.1. The van der Waals surface area contributed by atoms with E-state index in [2.05, 4.69) is 20.8 Å². The van der Waals surface area contributed by atoms with Crippen LogP contribution in [0.15, 0.2) is 11.0 Å². The number of halogens is 1. The molecular weight excluding hydrogens is 216 g/mol. The van der Waals surface area contributed by atoms with E-state index >= 15 is 0 Å². The zero-order valence-electron chi connectivity index (χ0n) is 8.22. The van der Waals surface area contributed by atoms with Crippen LogP contribution in [0.3, 0.4) is 0 Å². The summed E-state index contributed by atoms with van der Waals surface area (Å²) in [7, 11) is 0. The van der Waals surface area contributed by atoms with E-state index in [0.29, 0.717) is 11.6 Å². The lowest BCUT2D eigenvalue weighted by molar-refractivity contribution is 0.615. The molecule has 6 heteroatoms. The van der Waals surface area contributed by atoms with Crippen molar-refractivity contribution in [2.75, 3.05) is 25.0 Å². The van der Waals surface area contributed by atoms with Crippen LogP contribution in [-0.4, -0.2) is 29.8 Å². The summed E-state index contributed by atoms with van der Waals surface area (Å²) in [6.45, 7) is 2.90. The van der Waals surface area contributed by atoms with Gasteiger partial charge >= 0.3 is 0 Å². The fraction of sp³-hybridized carbons (Fsp3) is 0.556. The molecule has 0 radical (unpaired) electrons. The van der Waals surface area contributed by atoms with Gasteiger partial charge in [-0.3, -0.25) is 4.79 Å². The molecule has 1 fully saturated rings. The van der Waals surface area contributed by atoms with Crippen LogP contribution in [0, 0.1) is 5.92 Å². The van der Waals surface area contributed by atoms with Crippen molar-refractivity contribution in [1.82, 2.24) is 15.5 Å². The molecule has 1 unspecified atom stereocenters. The molecule has 1 atom stereocenters. The van der Waals surface area contributed by atoms with Gasteiger partial charge in [-0.2, -0.15) is 5.10 Å². The normalized spacial score (nSPS) is 20.5. The molecule has 0 amide bonds. The van der Waals surface area contributed by atoms with Gasteiger partial charge in [0.25, 0.3) is 5.56 Å². The Bertz CT molecular complexity index is 386. The van der Waals surface area contributed by atoms with Crippen molar-refractivity contribution < 1.29 is 0 Å². The van der Waals surface area contributed by atoms with Gasteiger partial charge in [0.15, 0.2) is 0 Å². The Balaban J connectivity index is 1.98. The average Bonchev–Trinajstić information content (AvgIpc) is 2.73. The van der Waals surface area contributed by atoms with Crippen molar-refractivity contribution in [3.63, 3.8) is 0 Å². The Labute approximate surface area is 92.2 Å². The Hall–Kier alpha value is -1.07. The molecule has 1 aromatic heterocycles. The maximum absolute atomic E-state index is 11.1. The first kappa shape index (κ1) is 10.4. The maximum Gasteiger partial charge on any atom is 0.285 e. The standard InChI is InChI=1S/C9H13ClN4O/c10-8-7(5-13-14-9(8)15)12-4-6-1-2-11-3-6/h5-6,11H,1-4H2,(H2,12,14,15). The topological polar surface area (TPSA) is 69.8 Å². The minimum Gasteiger partial charge on any atom is -0.382 e. The molecule has 82 valence electrons. The zero-order valence-corrected chi connectivity index (χ0v) is 8.97. The third-order valence-electron chi connectivity index (χ3n) is 2.54. The Morgan fingerprint density at radius 3 is 3.27 bits per heavy atom. The molecule has 0 spiro atoms. The van der Waals surface area contributed by atoms with Gasteiger partial charge in [0.2, 0.25) is 0 Å². The molecule has 5 nitrogen and oxygen atoms in total. The molecule has 1 saturated heterocycles. The smallest absolute Gasteiger partial charge is 0.285 e. The van der Waals surface area contributed by atoms with Crippen molar-refractivity contribution in [3.05, 3.63) is 21.6 Å². The number of hydrogen-bond donors (Lipinski definition) is 3. The molecule has 0 bridgehead atoms. The number of nitrogens with zero attached hydrogens (tertiary/aromatic N) is 1. The molecular formula is C9H13ClN4O. The lowest BCUT2D eigenvalue weighted by Gasteiger charge is -2.11. The van der Waals surface area contributed by atoms with Gasteiger partial charge in [-0.05, 0) is 25.4 Å². The van der Waals surface area contributed by atoms with Gasteiger partial charge in [-0.25, -0.2) is 5.10 Å². The monoisotopic (exact) mass is 228 g/mol. The number of rotatable bonds is 3. The van der Waals surface area contributed by atoms with Crippen molar-refractivity contribution in [2.45, 2.75) is 6.42 Å². The van der Waals surface area contributed by atoms with Crippen LogP contribution in [0.1, 0.15) is 6.42 Å². The fourth-order valence-electron chi connectivity index (χ4n) is 1.65. The van der Waals surface area contributed by atoms with Crippen LogP contribution in [0.4, 0.5) is 5.69 Å². The van der Waals surface area contributed by atoms with Gasteiger partial charge in [0, 0.05) is 6.54 Å². The number of nitrogens with one attached hydrogen (secondary N) is 3. The summed E-state index contributed by atoms with van der Waals surface area (Å²) >= 11 is 5.82. The highest BCUT2D eigenvalue weighted by Gasteiger charge is 2.14. The first-order valence-corrected chi connectivity index (χ1v) is 5.33. The summed E-state index contributed by atoms with van der Waals surface area (Å²) < 4.78 is 0. The van der Waals surface area contributed by atoms with Crippen molar-refractivity contribution in [3.8, 4) is 0 Å². The minimum absolute atomic E-state index is 0.177. The quantitative estimate of drug-likeness (QED) is 0.703. The van der Waals surface area contributed by atoms with E-state index in [0.717, 1.165) is 26.1 Å². The third-order valence-corrected chi connectivity index (χ3v) is 2.91. The van der Waals surface area contributed by atoms with E-state index in [1.54, 1.807) is 0 Å². The highest BCUT2D eigenvalue weighted by molar-refractivity contribution is 6.32. The van der Waals surface area contributed by atoms with Gasteiger partial charge in [0.05, 0.1) is 11.9 Å². The van der Waals surface area contributed by atoms with E-state index in [1.165, 1.54) is 6.20 Å². The summed E-state index contributed by atoms with van der Waals surface area (Å²) in [5.74, 6) is 0.598. The number of H-pyrrole nitrogens is 1. The van der Waals surface area contributed by atoms with Crippen LogP contribution in [-0.2, 0) is 0 Å². The Kier molecular flexibility index (Phi) is 3.23. The molecule has 15 heavy (non-hydrogen) atoms.